The fourth-order valence-electron chi connectivity index (χ4n) is 2.36. The molecule has 17 heavy (non-hydrogen) atoms. The molecular formula is C12H12F2N2S. The molecular weight excluding hydrogens is 242 g/mol. The number of aliphatic imine (C=N–C) groups is 1. The molecule has 1 N–H and O–H groups in total. The SMILES string of the molecule is Fc1cc(F)c2c(c1)C(NC1=NCCS1)CC2. The topological polar surface area (TPSA) is 24.4 Å². The smallest absolute Gasteiger partial charge is 0.157 e. The summed E-state index contributed by atoms with van der Waals surface area (Å²) >= 11 is 1.66. The van der Waals surface area contributed by atoms with Crippen LogP contribution in [0.4, 0.5) is 8.78 Å². The van der Waals surface area contributed by atoms with Gasteiger partial charge in [0.05, 0.1) is 12.6 Å². The van der Waals surface area contributed by atoms with Crippen LogP contribution in [0.2, 0.25) is 0 Å². The van der Waals surface area contributed by atoms with Crippen molar-refractivity contribution in [2.24, 2.45) is 4.99 Å². The van der Waals surface area contributed by atoms with Gasteiger partial charge in [-0.05, 0) is 30.0 Å². The first-order chi connectivity index (χ1) is 8.24. The molecule has 0 saturated carbocycles. The van der Waals surface area contributed by atoms with Crippen molar-refractivity contribution in [3.8, 4) is 0 Å². The number of nitrogens with one attached hydrogen (secondary N) is 1. The summed E-state index contributed by atoms with van der Waals surface area (Å²) in [5.41, 5.74) is 1.39. The fourth-order valence-corrected chi connectivity index (χ4v) is 3.15. The minimum atomic E-state index is -0.504. The van der Waals surface area contributed by atoms with Gasteiger partial charge in [0.25, 0.3) is 0 Å². The van der Waals surface area contributed by atoms with Crippen molar-refractivity contribution in [1.29, 1.82) is 0 Å². The molecule has 0 radical (unpaired) electrons. The van der Waals surface area contributed by atoms with Crippen LogP contribution in [0.3, 0.4) is 0 Å². The molecule has 0 saturated heterocycles. The summed E-state index contributed by atoms with van der Waals surface area (Å²) in [4.78, 5) is 4.30. The minimum Gasteiger partial charge on any atom is -0.358 e. The van der Waals surface area contributed by atoms with Crippen LogP contribution in [0.25, 0.3) is 0 Å². The lowest BCUT2D eigenvalue weighted by molar-refractivity contribution is 0.573. The van der Waals surface area contributed by atoms with Crippen molar-refractivity contribution in [3.05, 3.63) is 34.9 Å². The Balaban J connectivity index is 1.87. The number of hydrogen-bond donors (Lipinski definition) is 1. The van der Waals surface area contributed by atoms with E-state index >= 15 is 0 Å². The zero-order valence-electron chi connectivity index (χ0n) is 9.17. The second kappa shape index (κ2) is 4.29. The zero-order chi connectivity index (χ0) is 11.8. The average Bonchev–Trinajstić information content (AvgIpc) is 2.89. The molecule has 5 heteroatoms. The highest BCUT2D eigenvalue weighted by atomic mass is 32.2. The highest BCUT2D eigenvalue weighted by molar-refractivity contribution is 8.14. The number of rotatable bonds is 1. The lowest BCUT2D eigenvalue weighted by atomic mass is 10.1. The molecule has 0 spiro atoms. The number of thioether (sulfide) groups is 1. The van der Waals surface area contributed by atoms with E-state index in [1.54, 1.807) is 11.8 Å². The Hall–Kier alpha value is -1.10. The largest absolute Gasteiger partial charge is 0.358 e. The van der Waals surface area contributed by atoms with E-state index in [2.05, 4.69) is 10.3 Å². The third kappa shape index (κ3) is 2.04. The second-order valence-corrected chi connectivity index (χ2v) is 5.31. The monoisotopic (exact) mass is 254 g/mol. The fraction of sp³-hybridized carbons (Fsp3) is 0.417. The molecule has 1 heterocycles. The minimum absolute atomic E-state index is 0.000417. The molecule has 1 aliphatic heterocycles. The Bertz CT molecular complexity index is 488. The summed E-state index contributed by atoms with van der Waals surface area (Å²) in [5.74, 6) is 0.0562. The van der Waals surface area contributed by atoms with E-state index < -0.39 is 11.6 Å². The van der Waals surface area contributed by atoms with E-state index in [4.69, 9.17) is 0 Å². The summed E-state index contributed by atoms with van der Waals surface area (Å²) in [6.45, 7) is 0.824. The molecule has 1 aromatic rings. The third-order valence-electron chi connectivity index (χ3n) is 3.14. The lowest BCUT2D eigenvalue weighted by Gasteiger charge is -2.14. The number of benzene rings is 1. The molecule has 1 atom stereocenters. The number of fused-ring (bicyclic) bond motifs is 1. The predicted molar refractivity (Wildman–Crippen MR) is 65.3 cm³/mol. The Labute approximate surface area is 103 Å². The first-order valence-corrected chi connectivity index (χ1v) is 6.64. The van der Waals surface area contributed by atoms with E-state index in [0.29, 0.717) is 12.0 Å². The van der Waals surface area contributed by atoms with Gasteiger partial charge in [-0.2, -0.15) is 0 Å². The highest BCUT2D eigenvalue weighted by Crippen LogP contribution is 2.34. The van der Waals surface area contributed by atoms with Crippen LogP contribution in [0.1, 0.15) is 23.6 Å². The van der Waals surface area contributed by atoms with Crippen LogP contribution in [0.5, 0.6) is 0 Å². The molecule has 0 amide bonds. The Kier molecular flexibility index (Phi) is 2.78. The Morgan fingerprint density at radius 1 is 1.35 bits per heavy atom. The zero-order valence-corrected chi connectivity index (χ0v) is 9.99. The maximum Gasteiger partial charge on any atom is 0.157 e. The van der Waals surface area contributed by atoms with Crippen molar-refractivity contribution in [3.63, 3.8) is 0 Å². The van der Waals surface area contributed by atoms with Gasteiger partial charge in [-0.1, -0.05) is 11.8 Å². The van der Waals surface area contributed by atoms with Gasteiger partial charge in [-0.15, -0.1) is 0 Å². The average molecular weight is 254 g/mol. The summed E-state index contributed by atoms with van der Waals surface area (Å²) < 4.78 is 26.7. The van der Waals surface area contributed by atoms with E-state index in [-0.39, 0.29) is 6.04 Å². The van der Waals surface area contributed by atoms with E-state index in [1.165, 1.54) is 6.07 Å². The molecule has 0 aromatic heterocycles. The maximum atomic E-state index is 13.5. The number of hydrogen-bond acceptors (Lipinski definition) is 3. The van der Waals surface area contributed by atoms with Gasteiger partial charge >= 0.3 is 0 Å². The van der Waals surface area contributed by atoms with Crippen molar-refractivity contribution in [2.75, 3.05) is 12.3 Å². The molecule has 1 unspecified atom stereocenters. The summed E-state index contributed by atoms with van der Waals surface area (Å²) in [6.07, 6.45) is 1.46. The van der Waals surface area contributed by atoms with E-state index in [9.17, 15) is 8.78 Å². The van der Waals surface area contributed by atoms with Crippen LogP contribution in [-0.4, -0.2) is 17.5 Å². The van der Waals surface area contributed by atoms with Crippen molar-refractivity contribution in [1.82, 2.24) is 5.32 Å². The van der Waals surface area contributed by atoms with Gasteiger partial charge in [0.15, 0.2) is 5.17 Å². The first-order valence-electron chi connectivity index (χ1n) is 5.65. The van der Waals surface area contributed by atoms with Crippen LogP contribution >= 0.6 is 11.8 Å². The highest BCUT2D eigenvalue weighted by Gasteiger charge is 2.27. The molecule has 0 bridgehead atoms. The van der Waals surface area contributed by atoms with Gasteiger partial charge in [0.2, 0.25) is 0 Å². The standard InChI is InChI=1S/C12H12F2N2S/c13-7-5-9-8(10(14)6-7)1-2-11(9)16-12-15-3-4-17-12/h5-6,11H,1-4H2,(H,15,16). The van der Waals surface area contributed by atoms with Crippen molar-refractivity contribution < 1.29 is 8.78 Å². The Morgan fingerprint density at radius 3 is 3.00 bits per heavy atom. The quantitative estimate of drug-likeness (QED) is 0.833. The lowest BCUT2D eigenvalue weighted by Crippen LogP contribution is -2.23. The molecule has 1 aromatic carbocycles. The Morgan fingerprint density at radius 2 is 2.24 bits per heavy atom. The summed E-state index contributed by atoms with van der Waals surface area (Å²) in [7, 11) is 0. The summed E-state index contributed by atoms with van der Waals surface area (Å²) in [6, 6.07) is 2.39. The molecule has 90 valence electrons. The molecule has 3 rings (SSSR count). The van der Waals surface area contributed by atoms with Crippen LogP contribution < -0.4 is 5.32 Å². The van der Waals surface area contributed by atoms with Gasteiger partial charge in [-0.25, -0.2) is 8.78 Å². The molecule has 2 aliphatic rings. The second-order valence-electron chi connectivity index (χ2n) is 4.23. The van der Waals surface area contributed by atoms with Gasteiger partial charge in [-0.3, -0.25) is 4.99 Å². The number of halogens is 2. The van der Waals surface area contributed by atoms with Crippen molar-refractivity contribution >= 4 is 16.9 Å². The number of nitrogens with zero attached hydrogens (tertiary/aromatic N) is 1. The number of amidine groups is 1. The molecule has 0 fully saturated rings. The summed E-state index contributed by atoms with van der Waals surface area (Å²) in [5, 5.41) is 4.16. The van der Waals surface area contributed by atoms with E-state index in [0.717, 1.165) is 35.5 Å². The van der Waals surface area contributed by atoms with Crippen LogP contribution in [0.15, 0.2) is 17.1 Å². The van der Waals surface area contributed by atoms with Crippen LogP contribution in [-0.2, 0) is 6.42 Å². The van der Waals surface area contributed by atoms with Gasteiger partial charge in [0.1, 0.15) is 11.6 Å². The predicted octanol–water partition coefficient (Wildman–Crippen LogP) is 2.64. The van der Waals surface area contributed by atoms with Gasteiger partial charge in [0, 0.05) is 11.8 Å². The van der Waals surface area contributed by atoms with Gasteiger partial charge < -0.3 is 5.32 Å². The molecule has 1 aliphatic carbocycles. The van der Waals surface area contributed by atoms with Crippen molar-refractivity contribution in [2.45, 2.75) is 18.9 Å². The maximum absolute atomic E-state index is 13.5. The van der Waals surface area contributed by atoms with Crippen LogP contribution in [0, 0.1) is 11.6 Å². The van der Waals surface area contributed by atoms with E-state index in [1.807, 2.05) is 0 Å². The third-order valence-corrected chi connectivity index (χ3v) is 4.04. The normalized spacial score (nSPS) is 22.5. The first kappa shape index (κ1) is 11.0. The molecule has 2 nitrogen and oxygen atoms in total.